The minimum atomic E-state index is -0.205. The van der Waals surface area contributed by atoms with Gasteiger partial charge in [-0.3, -0.25) is 14.8 Å². The molecule has 161 valence electrons. The minimum absolute atomic E-state index is 0. The summed E-state index contributed by atoms with van der Waals surface area (Å²) in [4.78, 5) is 13.8. The first kappa shape index (κ1) is 21.9. The molecule has 0 saturated carbocycles. The normalized spacial score (nSPS) is 17.0. The molecule has 0 unspecified atom stereocenters. The van der Waals surface area contributed by atoms with Crippen LogP contribution in [0.4, 0.5) is 5.69 Å². The van der Waals surface area contributed by atoms with Gasteiger partial charge >= 0.3 is 0 Å². The molecular weight excluding hydrogens is 561 g/mol. The van der Waals surface area contributed by atoms with Gasteiger partial charge in [0.15, 0.2) is 0 Å². The fraction of sp³-hybridized carbons (Fsp3) is 0.423. The van der Waals surface area contributed by atoms with Gasteiger partial charge in [0.05, 0.1) is 23.3 Å². The van der Waals surface area contributed by atoms with Gasteiger partial charge in [0.2, 0.25) is 0 Å². The van der Waals surface area contributed by atoms with E-state index in [4.69, 9.17) is 16.5 Å². The van der Waals surface area contributed by atoms with Gasteiger partial charge in [-0.2, -0.15) is 6.07 Å². The predicted molar refractivity (Wildman–Crippen MR) is 122 cm³/mol. The first-order chi connectivity index (χ1) is 13.9. The Bertz CT molecular complexity index is 1410. The average molecular weight is 588 g/mol. The monoisotopic (exact) mass is 588 g/mol. The van der Waals surface area contributed by atoms with E-state index in [1.54, 1.807) is 12.1 Å². The van der Waals surface area contributed by atoms with Crippen LogP contribution in [0.5, 0.6) is 0 Å². The van der Waals surface area contributed by atoms with Crippen molar-refractivity contribution in [1.82, 2.24) is 14.4 Å². The smallest absolute Gasteiger partial charge is 0.133 e. The topological polar surface area (TPSA) is 34.5 Å². The molecule has 0 saturated heterocycles. The zero-order valence-corrected chi connectivity index (χ0v) is 21.5. The van der Waals surface area contributed by atoms with Crippen LogP contribution in [0.15, 0.2) is 24.3 Å². The van der Waals surface area contributed by atoms with Crippen LogP contribution in [0.1, 0.15) is 71.8 Å². The maximum absolute atomic E-state index is 7.59. The Labute approximate surface area is 197 Å². The maximum atomic E-state index is 7.59. The molecule has 4 aromatic rings. The summed E-state index contributed by atoms with van der Waals surface area (Å²) in [6.07, 6.45) is 1.12. The summed E-state index contributed by atoms with van der Waals surface area (Å²) in [5.74, 6) is 0.923. The molecule has 2 aromatic heterocycles. The van der Waals surface area contributed by atoms with E-state index in [2.05, 4.69) is 75.9 Å². The van der Waals surface area contributed by atoms with E-state index in [0.717, 1.165) is 34.3 Å². The van der Waals surface area contributed by atoms with E-state index >= 15 is 0 Å². The molecule has 0 spiro atoms. The second-order valence-electron chi connectivity index (χ2n) is 11.0. The number of imidazole rings is 1. The number of nitrogens with zero attached hydrogens (tertiary/aromatic N) is 4. The van der Waals surface area contributed by atoms with E-state index < -0.39 is 0 Å². The van der Waals surface area contributed by atoms with Gasteiger partial charge < -0.3 is 4.40 Å². The third-order valence-corrected chi connectivity index (χ3v) is 6.53. The van der Waals surface area contributed by atoms with Crippen LogP contribution in [0.25, 0.3) is 32.4 Å². The SMILES string of the molecule is [C-]#[N+]c1cc[c-]c2c1nc(C(C)(C)C)n1c3cc4c(cc3nc21)C(C)(C)CC4(C)C.[Ir]. The van der Waals surface area contributed by atoms with Crippen molar-refractivity contribution in [2.75, 3.05) is 0 Å². The van der Waals surface area contributed by atoms with Crippen LogP contribution in [0, 0.1) is 12.6 Å². The molecule has 0 N–H and O–H groups in total. The molecule has 1 aliphatic rings. The molecule has 1 radical (unpaired) electrons. The third kappa shape index (κ3) is 3.04. The number of hydrogen-bond acceptors (Lipinski definition) is 2. The summed E-state index contributed by atoms with van der Waals surface area (Å²) in [5.41, 5.74) is 6.99. The molecule has 0 atom stereocenters. The third-order valence-electron chi connectivity index (χ3n) is 6.53. The molecule has 31 heavy (non-hydrogen) atoms. The minimum Gasteiger partial charge on any atom is -0.321 e. The van der Waals surface area contributed by atoms with Gasteiger partial charge in [-0.1, -0.05) is 53.9 Å². The first-order valence-corrected chi connectivity index (χ1v) is 10.5. The van der Waals surface area contributed by atoms with Crippen molar-refractivity contribution in [3.05, 3.63) is 58.7 Å². The van der Waals surface area contributed by atoms with Gasteiger partial charge in [0.25, 0.3) is 0 Å². The van der Waals surface area contributed by atoms with Crippen molar-refractivity contribution in [2.24, 2.45) is 0 Å². The Morgan fingerprint density at radius 2 is 1.71 bits per heavy atom. The van der Waals surface area contributed by atoms with Crippen molar-refractivity contribution in [3.8, 4) is 0 Å². The van der Waals surface area contributed by atoms with Crippen LogP contribution >= 0.6 is 0 Å². The zero-order chi connectivity index (χ0) is 21.6. The standard InChI is InChI=1S/C26H27N4.Ir/c1-24(2,3)23-29-21-15(10-9-11-18(21)27-8)22-28-19-12-16-17(13-20(19)30(22)23)26(6,7)14-25(16,4)5;/h9,11-13H,14H2,1-7H3;/q-1;. The number of hydrogen-bond donors (Lipinski definition) is 0. The second-order valence-corrected chi connectivity index (χ2v) is 11.0. The van der Waals surface area contributed by atoms with E-state index in [9.17, 15) is 0 Å². The van der Waals surface area contributed by atoms with Gasteiger partial charge in [-0.25, -0.2) is 0 Å². The summed E-state index contributed by atoms with van der Waals surface area (Å²) in [5, 5.41) is 0.811. The molecule has 5 heteroatoms. The fourth-order valence-electron chi connectivity index (χ4n) is 5.43. The first-order valence-electron chi connectivity index (χ1n) is 10.5. The molecular formula is C26H27IrN4-. The molecule has 2 aromatic carbocycles. The molecule has 0 aliphatic heterocycles. The Balaban J connectivity index is 0.00000231. The molecule has 4 nitrogen and oxygen atoms in total. The van der Waals surface area contributed by atoms with Crippen LogP contribution < -0.4 is 0 Å². The van der Waals surface area contributed by atoms with Crippen molar-refractivity contribution >= 4 is 33.3 Å². The van der Waals surface area contributed by atoms with Crippen LogP contribution in [-0.4, -0.2) is 14.4 Å². The summed E-state index contributed by atoms with van der Waals surface area (Å²) >= 11 is 0. The van der Waals surface area contributed by atoms with Gasteiger partial charge in [-0.05, 0) is 46.0 Å². The van der Waals surface area contributed by atoms with Crippen molar-refractivity contribution in [2.45, 2.75) is 71.1 Å². The van der Waals surface area contributed by atoms with E-state index in [0.29, 0.717) is 11.2 Å². The Morgan fingerprint density at radius 1 is 1.06 bits per heavy atom. The van der Waals surface area contributed by atoms with Crippen molar-refractivity contribution in [3.63, 3.8) is 0 Å². The molecule has 5 rings (SSSR count). The van der Waals surface area contributed by atoms with Crippen LogP contribution in [-0.2, 0) is 36.4 Å². The maximum Gasteiger partial charge on any atom is 0.133 e. The largest absolute Gasteiger partial charge is 0.321 e. The molecule has 0 fully saturated rings. The number of rotatable bonds is 0. The Hall–Kier alpha value is -2.28. The van der Waals surface area contributed by atoms with Crippen LogP contribution in [0.3, 0.4) is 0 Å². The number of fused-ring (bicyclic) bond motifs is 6. The molecule has 0 amide bonds. The van der Waals surface area contributed by atoms with Crippen molar-refractivity contribution in [1.29, 1.82) is 0 Å². The van der Waals surface area contributed by atoms with E-state index in [-0.39, 0.29) is 36.4 Å². The van der Waals surface area contributed by atoms with Gasteiger partial charge in [0, 0.05) is 25.5 Å². The Morgan fingerprint density at radius 3 is 2.32 bits per heavy atom. The Kier molecular flexibility index (Phi) is 4.68. The quantitative estimate of drug-likeness (QED) is 0.216. The predicted octanol–water partition coefficient (Wildman–Crippen LogP) is 6.64. The second kappa shape index (κ2) is 6.61. The average Bonchev–Trinajstić information content (AvgIpc) is 3.10. The van der Waals surface area contributed by atoms with Crippen molar-refractivity contribution < 1.29 is 20.1 Å². The summed E-state index contributed by atoms with van der Waals surface area (Å²) < 4.78 is 2.20. The van der Waals surface area contributed by atoms with Gasteiger partial charge in [0.1, 0.15) is 11.5 Å². The molecule has 0 bridgehead atoms. The summed E-state index contributed by atoms with van der Waals surface area (Å²) in [7, 11) is 0. The van der Waals surface area contributed by atoms with E-state index in [1.807, 2.05) is 0 Å². The van der Waals surface area contributed by atoms with E-state index in [1.165, 1.54) is 11.1 Å². The van der Waals surface area contributed by atoms with Crippen LogP contribution in [0.2, 0.25) is 0 Å². The number of benzene rings is 2. The zero-order valence-electron chi connectivity index (χ0n) is 19.1. The van der Waals surface area contributed by atoms with Gasteiger partial charge in [-0.15, -0.1) is 12.1 Å². The summed E-state index contributed by atoms with van der Waals surface area (Å²) in [6.45, 7) is 23.4. The number of aromatic nitrogens is 3. The summed E-state index contributed by atoms with van der Waals surface area (Å²) in [6, 6.07) is 11.5. The molecule has 1 aliphatic carbocycles. The fourth-order valence-corrected chi connectivity index (χ4v) is 5.43. The molecule has 2 heterocycles.